The van der Waals surface area contributed by atoms with E-state index in [0.717, 1.165) is 16.3 Å². The summed E-state index contributed by atoms with van der Waals surface area (Å²) < 4.78 is 0. The van der Waals surface area contributed by atoms with Crippen LogP contribution in [0.5, 0.6) is 0 Å². The predicted octanol–water partition coefficient (Wildman–Crippen LogP) is 6.21. The van der Waals surface area contributed by atoms with Gasteiger partial charge in [-0.3, -0.25) is 4.79 Å². The first-order valence-corrected chi connectivity index (χ1v) is 10.8. The molecule has 2 bridgehead atoms. The van der Waals surface area contributed by atoms with E-state index in [0.29, 0.717) is 17.6 Å². The molecule has 0 unspecified atom stereocenters. The highest BCUT2D eigenvalue weighted by Gasteiger charge is 2.67. The normalized spacial score (nSPS) is 28.4. The van der Waals surface area contributed by atoms with Crippen molar-refractivity contribution in [1.29, 1.82) is 0 Å². The number of carbonyl (C=O) groups excluding carboxylic acids is 1. The molecule has 0 saturated heterocycles. The van der Waals surface area contributed by atoms with Gasteiger partial charge in [0.25, 0.3) is 0 Å². The van der Waals surface area contributed by atoms with Crippen LogP contribution in [0, 0.1) is 5.92 Å². The Morgan fingerprint density at radius 3 is 2.20 bits per heavy atom. The molecular weight excluding hydrogens is 364 g/mol. The van der Waals surface area contributed by atoms with Crippen molar-refractivity contribution >= 4 is 22.6 Å². The van der Waals surface area contributed by atoms with Crippen molar-refractivity contribution in [2.45, 2.75) is 17.3 Å². The third-order valence-corrected chi connectivity index (χ3v) is 8.19. The number of benzene rings is 4. The topological polar surface area (TPSA) is 17.1 Å². The Morgan fingerprint density at radius 1 is 0.767 bits per heavy atom. The SMILES string of the molecule is O=C1c2c3c(cc4ccccc24)C=C[C@H]2C4c5ccccc5C1(c1ccccc14)[C@H]32. The minimum Gasteiger partial charge on any atom is -0.293 e. The van der Waals surface area contributed by atoms with Gasteiger partial charge < -0.3 is 0 Å². The zero-order chi connectivity index (χ0) is 19.6. The van der Waals surface area contributed by atoms with Crippen LogP contribution in [0.1, 0.15) is 55.6 Å². The van der Waals surface area contributed by atoms with Gasteiger partial charge in [-0.2, -0.15) is 0 Å². The second-order valence-corrected chi connectivity index (χ2v) is 9.18. The van der Waals surface area contributed by atoms with E-state index in [9.17, 15) is 4.79 Å². The average molecular weight is 382 g/mol. The lowest BCUT2D eigenvalue weighted by Gasteiger charge is -2.55. The van der Waals surface area contributed by atoms with Gasteiger partial charge in [0, 0.05) is 17.4 Å². The van der Waals surface area contributed by atoms with Crippen molar-refractivity contribution in [2.24, 2.45) is 5.92 Å². The zero-order valence-electron chi connectivity index (χ0n) is 16.3. The molecule has 0 heterocycles. The Labute approximate surface area is 174 Å². The van der Waals surface area contributed by atoms with E-state index in [1.165, 1.54) is 33.4 Å². The first kappa shape index (κ1) is 15.4. The van der Waals surface area contributed by atoms with Crippen LogP contribution in [0.15, 0.2) is 84.9 Å². The molecule has 30 heavy (non-hydrogen) atoms. The summed E-state index contributed by atoms with van der Waals surface area (Å²) >= 11 is 0. The molecule has 1 spiro atoms. The number of carbonyl (C=O) groups is 1. The lowest BCUT2D eigenvalue weighted by atomic mass is 9.46. The summed E-state index contributed by atoms with van der Waals surface area (Å²) in [6.07, 6.45) is 4.68. The summed E-state index contributed by atoms with van der Waals surface area (Å²) in [5, 5.41) is 2.27. The molecule has 0 fully saturated rings. The molecule has 0 N–H and O–H groups in total. The van der Waals surface area contributed by atoms with Gasteiger partial charge in [-0.05, 0) is 56.1 Å². The van der Waals surface area contributed by atoms with Gasteiger partial charge >= 0.3 is 0 Å². The van der Waals surface area contributed by atoms with Crippen LogP contribution in [0.3, 0.4) is 0 Å². The molecule has 9 rings (SSSR count). The van der Waals surface area contributed by atoms with Crippen molar-refractivity contribution in [3.63, 3.8) is 0 Å². The summed E-state index contributed by atoms with van der Waals surface area (Å²) in [6, 6.07) is 28.1. The minimum absolute atomic E-state index is 0.194. The second-order valence-electron chi connectivity index (χ2n) is 9.18. The van der Waals surface area contributed by atoms with E-state index >= 15 is 0 Å². The van der Waals surface area contributed by atoms with Crippen molar-refractivity contribution in [3.05, 3.63) is 124 Å². The van der Waals surface area contributed by atoms with Gasteiger partial charge in [0.1, 0.15) is 0 Å². The van der Waals surface area contributed by atoms with Crippen LogP contribution < -0.4 is 0 Å². The lowest BCUT2D eigenvalue weighted by Crippen LogP contribution is -2.51. The average Bonchev–Trinajstić information content (AvgIpc) is 3.09. The molecule has 1 nitrogen and oxygen atoms in total. The largest absolute Gasteiger partial charge is 0.293 e. The quantitative estimate of drug-likeness (QED) is 0.353. The molecule has 0 aromatic heterocycles. The smallest absolute Gasteiger partial charge is 0.179 e. The standard InChI is InChI=1S/C29H18O/c30-28-26-18-8-2-1-7-16(18)15-17-13-14-21-25-19-9-3-5-11-22(19)29(28,27(21)24(17)26)23-12-6-4-10-20(23)25/h1-15,21,25,27H/t21-,25?,27-,29?/m0/s1. The highest BCUT2D eigenvalue weighted by molar-refractivity contribution is 6.21. The fraction of sp³-hybridized carbons (Fsp3) is 0.138. The number of Topliss-reactive ketones (excluding diaryl/α,β-unsaturated/α-hetero) is 1. The molecule has 0 saturated carbocycles. The van der Waals surface area contributed by atoms with Crippen molar-refractivity contribution in [2.75, 3.05) is 0 Å². The fourth-order valence-corrected chi connectivity index (χ4v) is 7.33. The third kappa shape index (κ3) is 1.40. The molecule has 0 aliphatic heterocycles. The molecule has 5 aliphatic rings. The van der Waals surface area contributed by atoms with Crippen LogP contribution in [0.2, 0.25) is 0 Å². The van der Waals surface area contributed by atoms with Crippen molar-refractivity contribution in [3.8, 4) is 0 Å². The second kappa shape index (κ2) is 4.82. The van der Waals surface area contributed by atoms with Gasteiger partial charge in [0.15, 0.2) is 5.78 Å². The highest BCUT2D eigenvalue weighted by atomic mass is 16.1. The van der Waals surface area contributed by atoms with E-state index in [2.05, 4.69) is 91.0 Å². The number of hydrogen-bond donors (Lipinski definition) is 0. The van der Waals surface area contributed by atoms with E-state index in [-0.39, 0.29) is 5.92 Å². The Balaban J connectivity index is 1.63. The summed E-state index contributed by atoms with van der Waals surface area (Å²) in [6.45, 7) is 0. The molecule has 4 aromatic rings. The van der Waals surface area contributed by atoms with Gasteiger partial charge in [-0.25, -0.2) is 0 Å². The summed E-state index contributed by atoms with van der Waals surface area (Å²) in [5.74, 6) is 1.14. The minimum atomic E-state index is -0.599. The van der Waals surface area contributed by atoms with Gasteiger partial charge in [0.2, 0.25) is 0 Å². The Hall–Kier alpha value is -3.45. The fourth-order valence-electron chi connectivity index (χ4n) is 7.33. The summed E-state index contributed by atoms with van der Waals surface area (Å²) in [4.78, 5) is 14.6. The number of fused-ring (bicyclic) bond motifs is 2. The maximum absolute atomic E-state index is 14.6. The molecule has 0 radical (unpaired) electrons. The first-order valence-electron chi connectivity index (χ1n) is 10.8. The predicted molar refractivity (Wildman–Crippen MR) is 119 cm³/mol. The zero-order valence-corrected chi connectivity index (χ0v) is 16.3. The Kier molecular flexibility index (Phi) is 2.47. The monoisotopic (exact) mass is 382 g/mol. The number of rotatable bonds is 0. The first-order chi connectivity index (χ1) is 14.8. The van der Waals surface area contributed by atoms with Gasteiger partial charge in [-0.15, -0.1) is 0 Å². The molecule has 0 amide bonds. The lowest BCUT2D eigenvalue weighted by molar-refractivity contribution is 0.0879. The third-order valence-electron chi connectivity index (χ3n) is 8.19. The molecule has 140 valence electrons. The van der Waals surface area contributed by atoms with Crippen LogP contribution in [-0.4, -0.2) is 5.78 Å². The van der Waals surface area contributed by atoms with Gasteiger partial charge in [0.05, 0.1) is 5.41 Å². The van der Waals surface area contributed by atoms with E-state index in [1.54, 1.807) is 0 Å². The van der Waals surface area contributed by atoms with Crippen molar-refractivity contribution in [1.82, 2.24) is 0 Å². The van der Waals surface area contributed by atoms with Gasteiger partial charge in [-0.1, -0.05) is 84.9 Å². The summed E-state index contributed by atoms with van der Waals surface area (Å²) in [7, 11) is 0. The maximum Gasteiger partial charge on any atom is 0.179 e. The van der Waals surface area contributed by atoms with E-state index in [4.69, 9.17) is 0 Å². The summed E-state index contributed by atoms with van der Waals surface area (Å²) in [5.41, 5.74) is 8.06. The number of hydrogen-bond acceptors (Lipinski definition) is 1. The van der Waals surface area contributed by atoms with Crippen LogP contribution in [0.4, 0.5) is 0 Å². The molecule has 1 heteroatoms. The maximum atomic E-state index is 14.6. The Bertz CT molecular complexity index is 1440. The van der Waals surface area contributed by atoms with Crippen LogP contribution in [0.25, 0.3) is 16.8 Å². The number of ketones is 1. The molecule has 5 aliphatic carbocycles. The molecule has 4 aromatic carbocycles. The van der Waals surface area contributed by atoms with Crippen LogP contribution >= 0.6 is 0 Å². The van der Waals surface area contributed by atoms with Crippen molar-refractivity contribution < 1.29 is 4.79 Å². The van der Waals surface area contributed by atoms with E-state index < -0.39 is 5.41 Å². The van der Waals surface area contributed by atoms with Crippen LogP contribution in [-0.2, 0) is 5.41 Å². The number of allylic oxidation sites excluding steroid dienone is 1. The molecule has 2 atom stereocenters. The Morgan fingerprint density at radius 2 is 1.43 bits per heavy atom. The van der Waals surface area contributed by atoms with E-state index in [1.807, 2.05) is 0 Å². The molecular formula is C29H18O. The highest BCUT2D eigenvalue weighted by Crippen LogP contribution is 2.70.